The first-order valence-corrected chi connectivity index (χ1v) is 4.80. The summed E-state index contributed by atoms with van der Waals surface area (Å²) in [5, 5.41) is 10.8. The Bertz CT molecular complexity index is 256. The van der Waals surface area contributed by atoms with Crippen LogP contribution in [0.3, 0.4) is 0 Å². The number of carbonyl (C=O) groups is 1. The molecule has 0 aromatic rings. The molecule has 1 aliphatic heterocycles. The Morgan fingerprint density at radius 2 is 2.54 bits per heavy atom. The number of nitrogens with two attached hydrogens (primary N) is 1. The highest BCUT2D eigenvalue weighted by atomic mass is 32.2. The van der Waals surface area contributed by atoms with Crippen LogP contribution in [0.2, 0.25) is 0 Å². The average molecular weight is 203 g/mol. The highest BCUT2D eigenvalue weighted by Gasteiger charge is 2.47. The van der Waals surface area contributed by atoms with Gasteiger partial charge in [-0.1, -0.05) is 11.8 Å². The van der Waals surface area contributed by atoms with Gasteiger partial charge in [0.1, 0.15) is 0 Å². The molecule has 0 saturated heterocycles. The van der Waals surface area contributed by atoms with Crippen LogP contribution in [-0.4, -0.2) is 27.5 Å². The van der Waals surface area contributed by atoms with Gasteiger partial charge in [-0.2, -0.15) is 0 Å². The van der Waals surface area contributed by atoms with Gasteiger partial charge >= 0.3 is 5.97 Å². The number of nitrogens with zero attached hydrogens (tertiary/aromatic N) is 1. The number of rotatable bonds is 3. The van der Waals surface area contributed by atoms with Crippen molar-refractivity contribution in [2.24, 2.45) is 5.84 Å². The maximum atomic E-state index is 11.0. The molecule has 1 unspecified atom stereocenters. The molecule has 0 aromatic heterocycles. The van der Waals surface area contributed by atoms with Crippen molar-refractivity contribution < 1.29 is 9.90 Å². The third-order valence-corrected chi connectivity index (χ3v) is 3.32. The number of likely N-dealkylation sites (N-methyl/N-ethyl adjacent to an activating group) is 1. The molecule has 0 aromatic carbocycles. The zero-order valence-electron chi connectivity index (χ0n) is 7.57. The van der Waals surface area contributed by atoms with E-state index in [1.54, 1.807) is 10.3 Å². The molecule has 0 radical (unpaired) electrons. The topological polar surface area (TPSA) is 78.6 Å². The predicted octanol–water partition coefficient (Wildman–Crippen LogP) is 0.118. The van der Waals surface area contributed by atoms with Crippen LogP contribution < -0.4 is 11.3 Å². The molecule has 0 saturated carbocycles. The summed E-state index contributed by atoms with van der Waals surface area (Å²) in [5.74, 6) is 4.29. The average Bonchev–Trinajstić information content (AvgIpc) is 2.43. The van der Waals surface area contributed by atoms with Gasteiger partial charge < -0.3 is 10.0 Å². The van der Waals surface area contributed by atoms with E-state index >= 15 is 0 Å². The molecule has 1 rings (SSSR count). The lowest BCUT2D eigenvalue weighted by Crippen LogP contribution is -2.61. The summed E-state index contributed by atoms with van der Waals surface area (Å²) in [6.07, 6.45) is 0. The predicted molar refractivity (Wildman–Crippen MR) is 51.4 cm³/mol. The van der Waals surface area contributed by atoms with Crippen LogP contribution in [0.4, 0.5) is 0 Å². The minimum Gasteiger partial charge on any atom is -0.478 e. The largest absolute Gasteiger partial charge is 0.478 e. The van der Waals surface area contributed by atoms with E-state index in [1.165, 1.54) is 11.8 Å². The normalized spacial score (nSPS) is 27.6. The van der Waals surface area contributed by atoms with Crippen molar-refractivity contribution >= 4 is 17.7 Å². The van der Waals surface area contributed by atoms with Crippen LogP contribution in [0, 0.1) is 0 Å². The number of carboxylic acid groups (broad SMARTS) is 1. The molecule has 74 valence electrons. The molecular formula is C7H13N3O2S. The van der Waals surface area contributed by atoms with E-state index < -0.39 is 11.0 Å². The highest BCUT2D eigenvalue weighted by Crippen LogP contribution is 2.37. The quantitative estimate of drug-likeness (QED) is 0.446. The number of nitrogens with one attached hydrogen (secondary N) is 1. The molecule has 1 heterocycles. The number of allylic oxidation sites excluding steroid dienone is 1. The molecule has 0 bridgehead atoms. The van der Waals surface area contributed by atoms with Crippen LogP contribution >= 0.6 is 11.8 Å². The second-order valence-corrected chi connectivity index (χ2v) is 3.78. The standard InChI is InChI=1S/C7H13N3O2S/c1-3-10-5(2)4-13-7(10,9-8)6(11)12/h4,9H,3,8H2,1-2H3,(H,11,12). The maximum Gasteiger partial charge on any atom is 0.357 e. The van der Waals surface area contributed by atoms with Gasteiger partial charge in [-0.3, -0.25) is 5.84 Å². The zero-order chi connectivity index (χ0) is 10.1. The van der Waals surface area contributed by atoms with Gasteiger partial charge in [-0.15, -0.1) is 0 Å². The van der Waals surface area contributed by atoms with Gasteiger partial charge in [0.05, 0.1) is 0 Å². The summed E-state index contributed by atoms with van der Waals surface area (Å²) < 4.78 is 0. The van der Waals surface area contributed by atoms with Crippen molar-refractivity contribution in [3.63, 3.8) is 0 Å². The van der Waals surface area contributed by atoms with Gasteiger partial charge in [0, 0.05) is 12.2 Å². The molecule has 1 aliphatic rings. The van der Waals surface area contributed by atoms with Crippen LogP contribution in [0.25, 0.3) is 0 Å². The first kappa shape index (κ1) is 10.4. The second kappa shape index (κ2) is 3.57. The van der Waals surface area contributed by atoms with Crippen LogP contribution in [0.5, 0.6) is 0 Å². The van der Waals surface area contributed by atoms with Crippen molar-refractivity contribution in [1.82, 2.24) is 10.3 Å². The lowest BCUT2D eigenvalue weighted by atomic mass is 10.3. The van der Waals surface area contributed by atoms with Gasteiger partial charge in [0.25, 0.3) is 4.99 Å². The fourth-order valence-corrected chi connectivity index (χ4v) is 2.40. The van der Waals surface area contributed by atoms with E-state index in [-0.39, 0.29) is 0 Å². The molecule has 0 aliphatic carbocycles. The highest BCUT2D eigenvalue weighted by molar-refractivity contribution is 8.04. The molecule has 0 fully saturated rings. The molecule has 0 amide bonds. The van der Waals surface area contributed by atoms with E-state index in [1.807, 2.05) is 13.8 Å². The minimum atomic E-state index is -1.22. The molecular weight excluding hydrogens is 190 g/mol. The van der Waals surface area contributed by atoms with Crippen LogP contribution in [0.15, 0.2) is 11.1 Å². The molecule has 1 atom stereocenters. The Morgan fingerprint density at radius 1 is 1.92 bits per heavy atom. The Labute approximate surface area is 80.9 Å². The fourth-order valence-electron chi connectivity index (χ4n) is 1.36. The Morgan fingerprint density at radius 3 is 2.85 bits per heavy atom. The molecule has 6 heteroatoms. The van der Waals surface area contributed by atoms with Gasteiger partial charge in [-0.05, 0) is 19.3 Å². The number of hydrogen-bond acceptors (Lipinski definition) is 5. The third kappa shape index (κ3) is 1.41. The van der Waals surface area contributed by atoms with Crippen molar-refractivity contribution in [2.75, 3.05) is 6.54 Å². The lowest BCUT2D eigenvalue weighted by molar-refractivity contribution is -0.145. The van der Waals surface area contributed by atoms with Gasteiger partial charge in [-0.25, -0.2) is 10.2 Å². The van der Waals surface area contributed by atoms with Crippen molar-refractivity contribution in [3.8, 4) is 0 Å². The van der Waals surface area contributed by atoms with Crippen molar-refractivity contribution in [1.29, 1.82) is 0 Å². The molecule has 5 nitrogen and oxygen atoms in total. The van der Waals surface area contributed by atoms with Gasteiger partial charge in [0.2, 0.25) is 0 Å². The minimum absolute atomic E-state index is 0.603. The maximum absolute atomic E-state index is 11.0. The Kier molecular flexibility index (Phi) is 2.84. The number of aliphatic carboxylic acids is 1. The number of thioether (sulfide) groups is 1. The number of hydrogen-bond donors (Lipinski definition) is 3. The first-order valence-electron chi connectivity index (χ1n) is 3.92. The van der Waals surface area contributed by atoms with E-state index in [4.69, 9.17) is 10.9 Å². The summed E-state index contributed by atoms with van der Waals surface area (Å²) in [6, 6.07) is 0. The van der Waals surface area contributed by atoms with E-state index in [2.05, 4.69) is 5.43 Å². The van der Waals surface area contributed by atoms with Crippen molar-refractivity contribution in [2.45, 2.75) is 18.8 Å². The molecule has 13 heavy (non-hydrogen) atoms. The third-order valence-electron chi connectivity index (χ3n) is 2.01. The molecule has 0 spiro atoms. The monoisotopic (exact) mass is 203 g/mol. The van der Waals surface area contributed by atoms with E-state index in [0.29, 0.717) is 6.54 Å². The first-order chi connectivity index (χ1) is 6.08. The summed E-state index contributed by atoms with van der Waals surface area (Å²) >= 11 is 1.17. The summed E-state index contributed by atoms with van der Waals surface area (Å²) in [5.41, 5.74) is 3.26. The Balaban J connectivity index is 2.97. The molecule has 4 N–H and O–H groups in total. The van der Waals surface area contributed by atoms with E-state index in [0.717, 1.165) is 5.70 Å². The number of carboxylic acids is 1. The second-order valence-electron chi connectivity index (χ2n) is 2.71. The van der Waals surface area contributed by atoms with Crippen molar-refractivity contribution in [3.05, 3.63) is 11.1 Å². The number of hydrazine groups is 1. The zero-order valence-corrected chi connectivity index (χ0v) is 8.39. The SMILES string of the molecule is CCN1C(C)=CSC1(NN)C(=O)O. The van der Waals surface area contributed by atoms with E-state index in [9.17, 15) is 4.79 Å². The Hall–Kier alpha value is -0.720. The van der Waals surface area contributed by atoms with Gasteiger partial charge in [0.15, 0.2) is 0 Å². The van der Waals surface area contributed by atoms with Crippen LogP contribution in [0.1, 0.15) is 13.8 Å². The lowest BCUT2D eigenvalue weighted by Gasteiger charge is -2.34. The smallest absolute Gasteiger partial charge is 0.357 e. The summed E-state index contributed by atoms with van der Waals surface area (Å²) in [4.78, 5) is 11.5. The summed E-state index contributed by atoms with van der Waals surface area (Å²) in [7, 11) is 0. The van der Waals surface area contributed by atoms with Crippen LogP contribution in [-0.2, 0) is 4.79 Å². The summed E-state index contributed by atoms with van der Waals surface area (Å²) in [6.45, 7) is 4.35. The fraction of sp³-hybridized carbons (Fsp3) is 0.571.